The Labute approximate surface area is 68.1 Å². The molecule has 1 aliphatic carbocycles. The van der Waals surface area contributed by atoms with E-state index in [1.54, 1.807) is 19.1 Å². The van der Waals surface area contributed by atoms with Crippen LogP contribution in [0.1, 0.15) is 27.2 Å². The molecule has 0 aromatic carbocycles. The predicted molar refractivity (Wildman–Crippen MR) is 48.1 cm³/mol. The van der Waals surface area contributed by atoms with Crippen molar-refractivity contribution in [3.8, 4) is 0 Å². The van der Waals surface area contributed by atoms with Gasteiger partial charge in [-0.25, -0.2) is 4.39 Å². The maximum atomic E-state index is 12.6. The van der Waals surface area contributed by atoms with Crippen molar-refractivity contribution in [3.05, 3.63) is 35.7 Å². The van der Waals surface area contributed by atoms with Gasteiger partial charge in [0.2, 0.25) is 0 Å². The molecule has 0 saturated carbocycles. The second-order valence-electron chi connectivity index (χ2n) is 2.07. The summed E-state index contributed by atoms with van der Waals surface area (Å²) in [6, 6.07) is 0. The van der Waals surface area contributed by atoms with Gasteiger partial charge in [0.25, 0.3) is 0 Å². The van der Waals surface area contributed by atoms with Crippen molar-refractivity contribution in [2.24, 2.45) is 0 Å². The van der Waals surface area contributed by atoms with Crippen molar-refractivity contribution in [2.45, 2.75) is 27.2 Å². The van der Waals surface area contributed by atoms with Gasteiger partial charge in [-0.3, -0.25) is 0 Å². The Balaban J connectivity index is 0.000000461. The first-order valence-corrected chi connectivity index (χ1v) is 4.00. The summed E-state index contributed by atoms with van der Waals surface area (Å²) in [4.78, 5) is 0. The highest BCUT2D eigenvalue weighted by molar-refractivity contribution is 5.30. The first-order valence-electron chi connectivity index (χ1n) is 4.00. The van der Waals surface area contributed by atoms with Gasteiger partial charge in [-0.05, 0) is 25.0 Å². The summed E-state index contributed by atoms with van der Waals surface area (Å²) < 4.78 is 12.6. The van der Waals surface area contributed by atoms with Crippen LogP contribution in [-0.4, -0.2) is 0 Å². The lowest BCUT2D eigenvalue weighted by Crippen LogP contribution is -1.72. The van der Waals surface area contributed by atoms with E-state index in [0.717, 1.165) is 0 Å². The molecule has 0 fully saturated rings. The van der Waals surface area contributed by atoms with Gasteiger partial charge in [-0.1, -0.05) is 32.1 Å². The van der Waals surface area contributed by atoms with Crippen LogP contribution in [0.3, 0.4) is 0 Å². The van der Waals surface area contributed by atoms with Gasteiger partial charge >= 0.3 is 0 Å². The largest absolute Gasteiger partial charge is 0.207 e. The van der Waals surface area contributed by atoms with Crippen LogP contribution in [0.25, 0.3) is 0 Å². The lowest BCUT2D eigenvalue weighted by molar-refractivity contribution is 0.648. The summed E-state index contributed by atoms with van der Waals surface area (Å²) in [6.45, 7) is 5.77. The van der Waals surface area contributed by atoms with Crippen molar-refractivity contribution in [1.82, 2.24) is 0 Å². The van der Waals surface area contributed by atoms with E-state index in [0.29, 0.717) is 12.0 Å². The summed E-state index contributed by atoms with van der Waals surface area (Å²) in [5.41, 5.74) is 0.712. The molecule has 1 aliphatic rings. The number of halogens is 1. The SMILES string of the molecule is CC.CC1=CC=CCC=C1F. The smallest absolute Gasteiger partial charge is 0.122 e. The van der Waals surface area contributed by atoms with Gasteiger partial charge in [0.1, 0.15) is 5.83 Å². The monoisotopic (exact) mass is 154 g/mol. The molecule has 0 aliphatic heterocycles. The maximum absolute atomic E-state index is 12.6. The van der Waals surface area contributed by atoms with Gasteiger partial charge in [0.05, 0.1) is 0 Å². The van der Waals surface area contributed by atoms with E-state index in [1.807, 2.05) is 26.0 Å². The summed E-state index contributed by atoms with van der Waals surface area (Å²) in [5, 5.41) is 0. The molecule has 1 heteroatoms. The number of hydrogen-bond donors (Lipinski definition) is 0. The fourth-order valence-electron chi connectivity index (χ4n) is 0.703. The first kappa shape index (κ1) is 10.2. The lowest BCUT2D eigenvalue weighted by Gasteiger charge is -1.90. The van der Waals surface area contributed by atoms with Gasteiger partial charge in [-0.2, -0.15) is 0 Å². The quantitative estimate of drug-likeness (QED) is 0.498. The van der Waals surface area contributed by atoms with Crippen molar-refractivity contribution in [3.63, 3.8) is 0 Å². The minimum Gasteiger partial charge on any atom is -0.207 e. The molecule has 0 radical (unpaired) electrons. The summed E-state index contributed by atoms with van der Waals surface area (Å²) in [6.07, 6.45) is 7.86. The lowest BCUT2D eigenvalue weighted by atomic mass is 10.2. The van der Waals surface area contributed by atoms with Crippen LogP contribution >= 0.6 is 0 Å². The van der Waals surface area contributed by atoms with E-state index in [4.69, 9.17) is 0 Å². The van der Waals surface area contributed by atoms with Gasteiger partial charge < -0.3 is 0 Å². The van der Waals surface area contributed by atoms with E-state index >= 15 is 0 Å². The second kappa shape index (κ2) is 5.90. The van der Waals surface area contributed by atoms with E-state index in [9.17, 15) is 4.39 Å². The minimum absolute atomic E-state index is 0.0972. The van der Waals surface area contributed by atoms with Gasteiger partial charge in [0, 0.05) is 0 Å². The molecule has 62 valence electrons. The minimum atomic E-state index is -0.0972. The van der Waals surface area contributed by atoms with E-state index in [2.05, 4.69) is 0 Å². The Morgan fingerprint density at radius 1 is 1.36 bits per heavy atom. The van der Waals surface area contributed by atoms with E-state index in [1.165, 1.54) is 0 Å². The topological polar surface area (TPSA) is 0 Å². The Kier molecular flexibility index (Phi) is 5.44. The Morgan fingerprint density at radius 3 is 2.64 bits per heavy atom. The molecule has 0 bridgehead atoms. The first-order chi connectivity index (χ1) is 5.30. The highest BCUT2D eigenvalue weighted by Gasteiger charge is 1.96. The fraction of sp³-hybridized carbons (Fsp3) is 0.400. The molecular weight excluding hydrogens is 139 g/mol. The molecule has 0 saturated heterocycles. The molecule has 11 heavy (non-hydrogen) atoms. The number of allylic oxidation sites excluding steroid dienone is 6. The van der Waals surface area contributed by atoms with Gasteiger partial charge in [-0.15, -0.1) is 0 Å². The summed E-state index contributed by atoms with van der Waals surface area (Å²) in [7, 11) is 0. The summed E-state index contributed by atoms with van der Waals surface area (Å²) in [5.74, 6) is -0.0972. The predicted octanol–water partition coefficient (Wildman–Crippen LogP) is 3.77. The van der Waals surface area contributed by atoms with Crippen molar-refractivity contribution in [2.75, 3.05) is 0 Å². The van der Waals surface area contributed by atoms with Crippen LogP contribution in [0.4, 0.5) is 4.39 Å². The Hall–Kier alpha value is -0.850. The van der Waals surface area contributed by atoms with Crippen LogP contribution in [-0.2, 0) is 0 Å². The number of hydrogen-bond acceptors (Lipinski definition) is 0. The highest BCUT2D eigenvalue weighted by atomic mass is 19.1. The third-order valence-corrected chi connectivity index (χ3v) is 1.29. The van der Waals surface area contributed by atoms with Crippen molar-refractivity contribution in [1.29, 1.82) is 0 Å². The molecular formula is C10H15F. The molecule has 0 spiro atoms. The van der Waals surface area contributed by atoms with Gasteiger partial charge in [0.15, 0.2) is 0 Å². The zero-order chi connectivity index (χ0) is 8.69. The molecule has 0 aromatic rings. The molecule has 0 amide bonds. The normalized spacial score (nSPS) is 15.6. The molecule has 0 unspecified atom stereocenters. The molecule has 0 heterocycles. The van der Waals surface area contributed by atoms with Crippen LogP contribution in [0.2, 0.25) is 0 Å². The fourth-order valence-corrected chi connectivity index (χ4v) is 0.703. The second-order valence-corrected chi connectivity index (χ2v) is 2.07. The Morgan fingerprint density at radius 2 is 2.00 bits per heavy atom. The molecule has 0 atom stereocenters. The van der Waals surface area contributed by atoms with Crippen LogP contribution < -0.4 is 0 Å². The average molecular weight is 154 g/mol. The van der Waals surface area contributed by atoms with Crippen molar-refractivity contribution < 1.29 is 4.39 Å². The molecule has 0 nitrogen and oxygen atoms in total. The third kappa shape index (κ3) is 3.76. The van der Waals surface area contributed by atoms with E-state index < -0.39 is 0 Å². The average Bonchev–Trinajstić information content (AvgIpc) is 2.22. The zero-order valence-corrected chi connectivity index (χ0v) is 7.39. The molecule has 1 rings (SSSR count). The highest BCUT2D eigenvalue weighted by Crippen LogP contribution is 2.14. The Bertz CT molecular complexity index is 185. The maximum Gasteiger partial charge on any atom is 0.122 e. The third-order valence-electron chi connectivity index (χ3n) is 1.29. The standard InChI is InChI=1S/C8H9F.C2H6/c1-7-5-3-2-4-6-8(7)9;1-2/h2-3,5-6H,4H2,1H3;1-2H3. The van der Waals surface area contributed by atoms with E-state index in [-0.39, 0.29) is 5.83 Å². The van der Waals surface area contributed by atoms with Crippen molar-refractivity contribution >= 4 is 0 Å². The van der Waals surface area contributed by atoms with Crippen LogP contribution in [0.15, 0.2) is 35.7 Å². The van der Waals surface area contributed by atoms with Crippen LogP contribution in [0, 0.1) is 0 Å². The van der Waals surface area contributed by atoms with Crippen LogP contribution in [0.5, 0.6) is 0 Å². The summed E-state index contributed by atoms with van der Waals surface area (Å²) >= 11 is 0. The number of rotatable bonds is 0. The molecule has 0 aromatic heterocycles. The zero-order valence-electron chi connectivity index (χ0n) is 7.39. The molecule has 0 N–H and O–H groups in total.